The van der Waals surface area contributed by atoms with Crippen LogP contribution in [0, 0.1) is 0 Å². The Morgan fingerprint density at radius 3 is 2.60 bits per heavy atom. The van der Waals surface area contributed by atoms with Crippen LogP contribution in [0.1, 0.15) is 28.4 Å². The van der Waals surface area contributed by atoms with E-state index in [1.54, 1.807) is 6.07 Å². The van der Waals surface area contributed by atoms with Gasteiger partial charge in [0, 0.05) is 22.9 Å². The van der Waals surface area contributed by atoms with Crippen molar-refractivity contribution < 1.29 is 18.7 Å². The first-order valence-corrected chi connectivity index (χ1v) is 7.89. The molecule has 0 aliphatic carbocycles. The fourth-order valence-electron chi connectivity index (χ4n) is 3.21. The molecule has 0 fully saturated rings. The topological polar surface area (TPSA) is 73.6 Å². The minimum Gasteiger partial charge on any atom is -0.457 e. The predicted molar refractivity (Wildman–Crippen MR) is 91.4 cm³/mol. The van der Waals surface area contributed by atoms with E-state index in [-0.39, 0.29) is 18.8 Å². The van der Waals surface area contributed by atoms with Gasteiger partial charge in [-0.25, -0.2) is 9.59 Å². The van der Waals surface area contributed by atoms with Crippen LogP contribution in [-0.2, 0) is 22.6 Å². The molecule has 25 heavy (non-hydrogen) atoms. The zero-order chi connectivity index (χ0) is 17.6. The standard InChI is InChI=1S/C20H14O5/c1-11(21)7-16-18(12-5-3-2-4-6-12)15-8-13-10-24-19(22)14(13)9-17(15)25-20(16)23/h2-6,8-9H,7,10H2,1H3. The molecule has 0 atom stereocenters. The number of hydrogen-bond acceptors (Lipinski definition) is 5. The van der Waals surface area contributed by atoms with Gasteiger partial charge >= 0.3 is 11.6 Å². The maximum absolute atomic E-state index is 12.5. The molecule has 0 N–H and O–H groups in total. The molecule has 0 unspecified atom stereocenters. The molecule has 5 nitrogen and oxygen atoms in total. The van der Waals surface area contributed by atoms with Crippen molar-refractivity contribution in [2.24, 2.45) is 0 Å². The van der Waals surface area contributed by atoms with Crippen LogP contribution in [0.5, 0.6) is 0 Å². The second-order valence-corrected chi connectivity index (χ2v) is 6.07. The number of rotatable bonds is 3. The summed E-state index contributed by atoms with van der Waals surface area (Å²) >= 11 is 0. The second kappa shape index (κ2) is 5.70. The lowest BCUT2D eigenvalue weighted by Gasteiger charge is -2.12. The Morgan fingerprint density at radius 1 is 1.12 bits per heavy atom. The van der Waals surface area contributed by atoms with Gasteiger partial charge in [-0.15, -0.1) is 0 Å². The first kappa shape index (κ1) is 15.3. The minimum atomic E-state index is -0.562. The summed E-state index contributed by atoms with van der Waals surface area (Å²) in [5, 5.41) is 0.694. The van der Waals surface area contributed by atoms with Crippen LogP contribution in [0.25, 0.3) is 22.1 Å². The van der Waals surface area contributed by atoms with E-state index < -0.39 is 11.6 Å². The van der Waals surface area contributed by atoms with Crippen molar-refractivity contribution in [1.29, 1.82) is 0 Å². The summed E-state index contributed by atoms with van der Waals surface area (Å²) in [7, 11) is 0. The molecule has 0 radical (unpaired) electrons. The fourth-order valence-corrected chi connectivity index (χ4v) is 3.21. The van der Waals surface area contributed by atoms with Crippen LogP contribution in [0.2, 0.25) is 0 Å². The number of ketones is 1. The first-order chi connectivity index (χ1) is 12.0. The largest absolute Gasteiger partial charge is 0.457 e. The SMILES string of the molecule is CC(=O)Cc1c(-c2ccccc2)c2cc3c(cc2oc1=O)C(=O)OC3. The molecule has 0 saturated carbocycles. The maximum Gasteiger partial charge on any atom is 0.340 e. The van der Waals surface area contributed by atoms with Gasteiger partial charge in [0.25, 0.3) is 0 Å². The number of hydrogen-bond donors (Lipinski definition) is 0. The van der Waals surface area contributed by atoms with E-state index in [0.717, 1.165) is 11.1 Å². The fraction of sp³-hybridized carbons (Fsp3) is 0.150. The molecule has 3 aromatic rings. The Morgan fingerprint density at radius 2 is 1.88 bits per heavy atom. The number of fused-ring (bicyclic) bond motifs is 2. The lowest BCUT2D eigenvalue weighted by molar-refractivity contribution is -0.116. The molecule has 5 heteroatoms. The summed E-state index contributed by atoms with van der Waals surface area (Å²) < 4.78 is 10.5. The zero-order valence-electron chi connectivity index (χ0n) is 13.5. The Bertz CT molecular complexity index is 1080. The van der Waals surface area contributed by atoms with Gasteiger partial charge in [0.05, 0.1) is 11.1 Å². The van der Waals surface area contributed by atoms with Crippen LogP contribution in [0.15, 0.2) is 51.7 Å². The second-order valence-electron chi connectivity index (χ2n) is 6.07. The number of carbonyl (C=O) groups excluding carboxylic acids is 2. The van der Waals surface area contributed by atoms with Gasteiger partial charge in [0.15, 0.2) is 0 Å². The lowest BCUT2D eigenvalue weighted by atomic mass is 9.93. The monoisotopic (exact) mass is 334 g/mol. The summed E-state index contributed by atoms with van der Waals surface area (Å²) in [5.41, 5.74) is 2.73. The highest BCUT2D eigenvalue weighted by atomic mass is 16.5. The minimum absolute atomic E-state index is 0.00494. The summed E-state index contributed by atoms with van der Waals surface area (Å²) in [6, 6.07) is 12.7. The van der Waals surface area contributed by atoms with E-state index in [4.69, 9.17) is 9.15 Å². The molecular weight excluding hydrogens is 320 g/mol. The Balaban J connectivity index is 2.11. The first-order valence-electron chi connectivity index (χ1n) is 7.89. The number of ether oxygens (including phenoxy) is 1. The zero-order valence-corrected chi connectivity index (χ0v) is 13.5. The molecule has 0 bridgehead atoms. The van der Waals surface area contributed by atoms with Crippen molar-refractivity contribution in [3.63, 3.8) is 0 Å². The van der Waals surface area contributed by atoms with Crippen molar-refractivity contribution in [1.82, 2.24) is 0 Å². The number of benzene rings is 2. The number of cyclic esters (lactones) is 1. The molecule has 4 rings (SSSR count). The third-order valence-electron chi connectivity index (χ3n) is 4.29. The van der Waals surface area contributed by atoms with E-state index in [1.165, 1.54) is 6.92 Å². The van der Waals surface area contributed by atoms with E-state index >= 15 is 0 Å². The van der Waals surface area contributed by atoms with Crippen LogP contribution in [-0.4, -0.2) is 11.8 Å². The third kappa shape index (κ3) is 2.54. The number of carbonyl (C=O) groups is 2. The van der Waals surface area contributed by atoms with Crippen LogP contribution in [0.4, 0.5) is 0 Å². The Hall–Kier alpha value is -3.21. The van der Waals surface area contributed by atoms with Crippen molar-refractivity contribution in [3.8, 4) is 11.1 Å². The lowest BCUT2D eigenvalue weighted by Crippen LogP contribution is -2.14. The van der Waals surface area contributed by atoms with Crippen LogP contribution < -0.4 is 5.63 Å². The molecule has 1 aliphatic heterocycles. The summed E-state index contributed by atoms with van der Waals surface area (Å²) in [4.78, 5) is 36.0. The highest BCUT2D eigenvalue weighted by molar-refractivity contribution is 6.02. The molecule has 2 heterocycles. The van der Waals surface area contributed by atoms with E-state index in [2.05, 4.69) is 0 Å². The molecule has 0 spiro atoms. The van der Waals surface area contributed by atoms with Crippen LogP contribution >= 0.6 is 0 Å². The molecule has 1 aromatic heterocycles. The van der Waals surface area contributed by atoms with Gasteiger partial charge < -0.3 is 9.15 Å². The van der Waals surface area contributed by atoms with Gasteiger partial charge in [-0.05, 0) is 24.6 Å². The molecular formula is C20H14O5. The normalized spacial score (nSPS) is 12.9. The highest BCUT2D eigenvalue weighted by Gasteiger charge is 2.25. The van der Waals surface area contributed by atoms with Crippen molar-refractivity contribution in [2.45, 2.75) is 20.0 Å². The average Bonchev–Trinajstić information content (AvgIpc) is 2.95. The summed E-state index contributed by atoms with van der Waals surface area (Å²) in [6.07, 6.45) is -0.00494. The Labute approximate surface area is 142 Å². The number of Topliss-reactive ketones (excluding diaryl/α,β-unsaturated/α-hetero) is 1. The summed E-state index contributed by atoms with van der Waals surface area (Å²) in [5.74, 6) is -0.544. The highest BCUT2D eigenvalue weighted by Crippen LogP contribution is 2.34. The van der Waals surface area contributed by atoms with Gasteiger partial charge in [0.1, 0.15) is 18.0 Å². The maximum atomic E-state index is 12.5. The number of esters is 1. The average molecular weight is 334 g/mol. The van der Waals surface area contributed by atoms with Gasteiger partial charge in [0.2, 0.25) is 0 Å². The summed E-state index contributed by atoms with van der Waals surface area (Å²) in [6.45, 7) is 1.63. The van der Waals surface area contributed by atoms with E-state index in [1.807, 2.05) is 36.4 Å². The molecule has 124 valence electrons. The van der Waals surface area contributed by atoms with Crippen LogP contribution in [0.3, 0.4) is 0 Å². The molecule has 0 amide bonds. The third-order valence-corrected chi connectivity index (χ3v) is 4.29. The van der Waals surface area contributed by atoms with Crippen molar-refractivity contribution >= 4 is 22.7 Å². The van der Waals surface area contributed by atoms with E-state index in [9.17, 15) is 14.4 Å². The molecule has 1 aliphatic rings. The van der Waals surface area contributed by atoms with Crippen molar-refractivity contribution in [3.05, 3.63) is 69.6 Å². The molecule has 2 aromatic carbocycles. The van der Waals surface area contributed by atoms with Crippen molar-refractivity contribution in [2.75, 3.05) is 0 Å². The predicted octanol–water partition coefficient (Wildman–Crippen LogP) is 3.26. The van der Waals surface area contributed by atoms with Gasteiger partial charge in [-0.1, -0.05) is 30.3 Å². The van der Waals surface area contributed by atoms with Gasteiger partial charge in [-0.3, -0.25) is 4.79 Å². The van der Waals surface area contributed by atoms with E-state index in [0.29, 0.717) is 27.7 Å². The van der Waals surface area contributed by atoms with Gasteiger partial charge in [-0.2, -0.15) is 0 Å². The smallest absolute Gasteiger partial charge is 0.340 e. The Kier molecular flexibility index (Phi) is 3.50. The molecule has 0 saturated heterocycles. The quantitative estimate of drug-likeness (QED) is 0.543.